The Balaban J connectivity index is 1.14. The highest BCUT2D eigenvalue weighted by molar-refractivity contribution is 5.52. The number of ether oxygens (including phenoxy) is 3. The second-order valence-electron chi connectivity index (χ2n) is 9.16. The quantitative estimate of drug-likeness (QED) is 0.477. The van der Waals surface area contributed by atoms with Gasteiger partial charge in [-0.25, -0.2) is 15.0 Å². The molecular formula is C23H33N9O3. The van der Waals surface area contributed by atoms with Crippen molar-refractivity contribution in [3.63, 3.8) is 0 Å². The molecule has 35 heavy (non-hydrogen) atoms. The fourth-order valence-corrected chi connectivity index (χ4v) is 4.29. The fraction of sp³-hybridized carbons (Fsp3) is 0.609. The van der Waals surface area contributed by atoms with Crippen molar-refractivity contribution in [2.45, 2.75) is 37.8 Å². The van der Waals surface area contributed by atoms with Crippen LogP contribution in [0.25, 0.3) is 5.65 Å². The van der Waals surface area contributed by atoms with Crippen LogP contribution in [0.2, 0.25) is 0 Å². The Morgan fingerprint density at radius 1 is 1.09 bits per heavy atom. The molecule has 3 aromatic heterocycles. The van der Waals surface area contributed by atoms with Gasteiger partial charge in [-0.1, -0.05) is 0 Å². The van der Waals surface area contributed by atoms with Crippen LogP contribution in [0.3, 0.4) is 0 Å². The van der Waals surface area contributed by atoms with Crippen molar-refractivity contribution in [2.24, 2.45) is 0 Å². The van der Waals surface area contributed by atoms with Crippen LogP contribution in [0.15, 0.2) is 24.8 Å². The van der Waals surface area contributed by atoms with E-state index in [1.54, 1.807) is 16.9 Å². The lowest BCUT2D eigenvalue weighted by molar-refractivity contribution is 0.121. The van der Waals surface area contributed by atoms with Gasteiger partial charge in [0.15, 0.2) is 11.4 Å². The number of aromatic nitrogens is 6. The highest BCUT2D eigenvalue weighted by atomic mass is 16.5. The van der Waals surface area contributed by atoms with Crippen molar-refractivity contribution >= 4 is 17.4 Å². The first-order chi connectivity index (χ1) is 17.1. The van der Waals surface area contributed by atoms with Crippen LogP contribution in [0, 0.1) is 0 Å². The number of nitrogens with one attached hydrogen (secondary N) is 1. The third-order valence-corrected chi connectivity index (χ3v) is 6.27. The Hall–Kier alpha value is -3.25. The van der Waals surface area contributed by atoms with Gasteiger partial charge >= 0.3 is 6.01 Å². The number of hydrogen-bond donors (Lipinski definition) is 1. The highest BCUT2D eigenvalue weighted by Crippen LogP contribution is 2.27. The topological polar surface area (TPSA) is 115 Å². The highest BCUT2D eigenvalue weighted by Gasteiger charge is 2.25. The van der Waals surface area contributed by atoms with Crippen molar-refractivity contribution in [1.82, 2.24) is 34.4 Å². The zero-order chi connectivity index (χ0) is 24.0. The summed E-state index contributed by atoms with van der Waals surface area (Å²) in [5, 5.41) is 7.75. The van der Waals surface area contributed by atoms with Crippen molar-refractivity contribution in [3.05, 3.63) is 24.8 Å². The van der Waals surface area contributed by atoms with Gasteiger partial charge in [-0.05, 0) is 39.8 Å². The summed E-state index contributed by atoms with van der Waals surface area (Å²) in [5.41, 5.74) is 0.734. The lowest BCUT2D eigenvalue weighted by Gasteiger charge is -2.30. The lowest BCUT2D eigenvalue weighted by atomic mass is 9.93. The number of fused-ring (bicyclic) bond motifs is 1. The molecule has 1 aliphatic heterocycles. The van der Waals surface area contributed by atoms with Crippen LogP contribution in [0.5, 0.6) is 11.8 Å². The summed E-state index contributed by atoms with van der Waals surface area (Å²) < 4.78 is 19.1. The number of rotatable bonds is 9. The van der Waals surface area contributed by atoms with E-state index in [1.807, 2.05) is 20.2 Å². The lowest BCUT2D eigenvalue weighted by Crippen LogP contribution is -2.37. The zero-order valence-corrected chi connectivity index (χ0v) is 20.3. The summed E-state index contributed by atoms with van der Waals surface area (Å²) in [6.07, 6.45) is 8.77. The summed E-state index contributed by atoms with van der Waals surface area (Å²) in [6, 6.07) is 2.74. The minimum Gasteiger partial charge on any atom is -0.489 e. The van der Waals surface area contributed by atoms with Crippen LogP contribution in [-0.4, -0.2) is 100 Å². The smallest absolute Gasteiger partial charge is 0.321 e. The second-order valence-corrected chi connectivity index (χ2v) is 9.16. The number of hydrogen-bond acceptors (Lipinski definition) is 11. The van der Waals surface area contributed by atoms with Gasteiger partial charge in [0.2, 0.25) is 5.95 Å². The molecule has 0 unspecified atom stereocenters. The predicted molar refractivity (Wildman–Crippen MR) is 130 cm³/mol. The summed E-state index contributed by atoms with van der Waals surface area (Å²) in [6.45, 7) is 4.46. The molecule has 5 rings (SSSR count). The maximum Gasteiger partial charge on any atom is 0.321 e. The number of likely N-dealkylation sites (N-methyl/N-ethyl adjacent to an activating group) is 1. The average molecular weight is 484 g/mol. The number of anilines is 2. The van der Waals surface area contributed by atoms with E-state index < -0.39 is 0 Å². The van der Waals surface area contributed by atoms with Gasteiger partial charge in [0, 0.05) is 31.7 Å². The van der Waals surface area contributed by atoms with E-state index in [2.05, 4.69) is 35.2 Å². The molecule has 0 aromatic carbocycles. The molecule has 2 fully saturated rings. The van der Waals surface area contributed by atoms with E-state index in [-0.39, 0.29) is 6.10 Å². The van der Waals surface area contributed by atoms with E-state index in [0.29, 0.717) is 43.6 Å². The molecule has 12 heteroatoms. The van der Waals surface area contributed by atoms with E-state index >= 15 is 0 Å². The largest absolute Gasteiger partial charge is 0.489 e. The molecule has 0 spiro atoms. The monoisotopic (exact) mass is 483 g/mol. The van der Waals surface area contributed by atoms with Crippen LogP contribution >= 0.6 is 0 Å². The molecule has 0 bridgehead atoms. The van der Waals surface area contributed by atoms with Gasteiger partial charge in [-0.15, -0.1) is 0 Å². The second kappa shape index (κ2) is 11.0. The first-order valence-electron chi connectivity index (χ1n) is 12.2. The molecule has 4 heterocycles. The summed E-state index contributed by atoms with van der Waals surface area (Å²) in [7, 11) is 4.03. The third-order valence-electron chi connectivity index (χ3n) is 6.27. The van der Waals surface area contributed by atoms with Gasteiger partial charge in [-0.2, -0.15) is 14.6 Å². The summed E-state index contributed by atoms with van der Waals surface area (Å²) >= 11 is 0. The van der Waals surface area contributed by atoms with Gasteiger partial charge in [0.1, 0.15) is 24.9 Å². The Bertz CT molecular complexity index is 1080. The Kier molecular flexibility index (Phi) is 7.38. The average Bonchev–Trinajstić information content (AvgIpc) is 3.36. The van der Waals surface area contributed by atoms with Crippen molar-refractivity contribution in [1.29, 1.82) is 0 Å². The van der Waals surface area contributed by atoms with Crippen LogP contribution in [0.4, 0.5) is 11.8 Å². The van der Waals surface area contributed by atoms with Crippen LogP contribution < -0.4 is 19.7 Å². The van der Waals surface area contributed by atoms with Gasteiger partial charge < -0.3 is 29.3 Å². The van der Waals surface area contributed by atoms with Crippen molar-refractivity contribution in [3.8, 4) is 11.8 Å². The normalized spacial score (nSPS) is 20.8. The Morgan fingerprint density at radius 2 is 1.86 bits per heavy atom. The van der Waals surface area contributed by atoms with Crippen molar-refractivity contribution < 1.29 is 14.2 Å². The molecule has 188 valence electrons. The molecule has 0 amide bonds. The molecule has 2 aliphatic rings. The van der Waals surface area contributed by atoms with E-state index in [0.717, 1.165) is 56.8 Å². The predicted octanol–water partition coefficient (Wildman–Crippen LogP) is 1.49. The van der Waals surface area contributed by atoms with Crippen molar-refractivity contribution in [2.75, 3.05) is 63.8 Å². The summed E-state index contributed by atoms with van der Waals surface area (Å²) in [4.78, 5) is 22.2. The molecule has 0 radical (unpaired) electrons. The van der Waals surface area contributed by atoms with Gasteiger partial charge in [0.05, 0.1) is 25.6 Å². The number of morpholine rings is 1. The molecule has 12 nitrogen and oxygen atoms in total. The van der Waals surface area contributed by atoms with E-state index in [1.165, 1.54) is 6.33 Å². The molecule has 3 aromatic rings. The van der Waals surface area contributed by atoms with E-state index in [9.17, 15) is 0 Å². The van der Waals surface area contributed by atoms with E-state index in [4.69, 9.17) is 19.2 Å². The number of nitrogens with zero attached hydrogens (tertiary/aromatic N) is 8. The molecule has 0 atom stereocenters. The van der Waals surface area contributed by atoms with Gasteiger partial charge in [0.25, 0.3) is 0 Å². The minimum atomic E-state index is 0.0706. The Morgan fingerprint density at radius 3 is 2.60 bits per heavy atom. The first kappa shape index (κ1) is 23.5. The standard InChI is InChI=1S/C23H33N9O3/c1-30(2)7-12-34-19-14-24-22(25-15-19)28-17-3-5-18(6-4-17)35-23-29-21(31-8-10-33-11-9-31)13-20-26-16-27-32(20)23/h13-18H,3-12H2,1-2H3,(H,24,25,28)/t17-,18+. The maximum atomic E-state index is 6.34. The zero-order valence-electron chi connectivity index (χ0n) is 20.3. The minimum absolute atomic E-state index is 0.0706. The summed E-state index contributed by atoms with van der Waals surface area (Å²) in [5.74, 6) is 2.16. The SMILES string of the molecule is CN(C)CCOc1cnc(N[C@H]2CC[C@@H](Oc3nc(N4CCOCC4)cc4ncnn34)CC2)nc1. The molecular weight excluding hydrogens is 450 g/mol. The first-order valence-corrected chi connectivity index (χ1v) is 12.2. The maximum absolute atomic E-state index is 6.34. The third kappa shape index (κ3) is 6.06. The van der Waals surface area contributed by atoms with Crippen LogP contribution in [-0.2, 0) is 4.74 Å². The Labute approximate surface area is 204 Å². The molecule has 1 N–H and O–H groups in total. The fourth-order valence-electron chi connectivity index (χ4n) is 4.29. The van der Waals surface area contributed by atoms with Gasteiger partial charge in [-0.3, -0.25) is 0 Å². The molecule has 1 aliphatic carbocycles. The van der Waals surface area contributed by atoms with Crippen LogP contribution in [0.1, 0.15) is 25.7 Å². The molecule has 1 saturated heterocycles. The molecule has 1 saturated carbocycles.